The van der Waals surface area contributed by atoms with Crippen LogP contribution >= 0.6 is 35.6 Å². The van der Waals surface area contributed by atoms with Gasteiger partial charge in [0.1, 0.15) is 15.8 Å². The third kappa shape index (κ3) is 5.37. The molecule has 34 heavy (non-hydrogen) atoms. The predicted molar refractivity (Wildman–Crippen MR) is 145 cm³/mol. The molecule has 4 rings (SSSR count). The molecular weight excluding hydrogens is 486 g/mol. The standard InChI is InChI=1S/C26H26ClN3O2S2/c1-4-12-32-22-11-10-18(13-21(22)27)24-19(16-30(28-24)20-8-6-5-7-9-20)14-23-25(31)29(15-17(2)3)26(33)34-23/h5-11,13-14,16-17H,4,12,15H2,1-3H3/b23-14-. The van der Waals surface area contributed by atoms with Gasteiger partial charge >= 0.3 is 0 Å². The first-order valence-corrected chi connectivity index (χ1v) is 12.8. The number of benzene rings is 2. The SMILES string of the molecule is CCCOc1ccc(-c2nn(-c3ccccc3)cc2/C=C2\SC(=S)N(CC(C)C)C2=O)cc1Cl. The number of hydrogen-bond donors (Lipinski definition) is 0. The lowest BCUT2D eigenvalue weighted by Crippen LogP contribution is -2.31. The fourth-order valence-electron chi connectivity index (χ4n) is 3.57. The molecular formula is C26H26ClN3O2S2. The molecule has 0 unspecified atom stereocenters. The highest BCUT2D eigenvalue weighted by Crippen LogP contribution is 2.36. The summed E-state index contributed by atoms with van der Waals surface area (Å²) >= 11 is 13.3. The highest BCUT2D eigenvalue weighted by Gasteiger charge is 2.32. The van der Waals surface area contributed by atoms with E-state index in [1.54, 1.807) is 4.90 Å². The zero-order chi connectivity index (χ0) is 24.2. The van der Waals surface area contributed by atoms with E-state index in [0.29, 0.717) is 39.1 Å². The molecule has 1 amide bonds. The van der Waals surface area contributed by atoms with Crippen LogP contribution in [-0.2, 0) is 4.79 Å². The number of amides is 1. The molecule has 5 nitrogen and oxygen atoms in total. The zero-order valence-corrected chi connectivity index (χ0v) is 21.7. The highest BCUT2D eigenvalue weighted by atomic mass is 35.5. The highest BCUT2D eigenvalue weighted by molar-refractivity contribution is 8.26. The van der Waals surface area contributed by atoms with Crippen molar-refractivity contribution in [1.29, 1.82) is 0 Å². The first kappa shape index (κ1) is 24.5. The van der Waals surface area contributed by atoms with Crippen LogP contribution in [0.1, 0.15) is 32.8 Å². The van der Waals surface area contributed by atoms with Crippen molar-refractivity contribution < 1.29 is 9.53 Å². The second kappa shape index (κ2) is 10.8. The van der Waals surface area contributed by atoms with Crippen molar-refractivity contribution in [3.63, 3.8) is 0 Å². The summed E-state index contributed by atoms with van der Waals surface area (Å²) in [6, 6.07) is 15.5. The predicted octanol–water partition coefficient (Wildman–Crippen LogP) is 6.84. The molecule has 0 bridgehead atoms. The second-order valence-corrected chi connectivity index (χ2v) is 10.5. The molecule has 1 aliphatic heterocycles. The normalized spacial score (nSPS) is 15.1. The van der Waals surface area contributed by atoms with Gasteiger partial charge in [0.05, 0.1) is 22.2 Å². The molecule has 8 heteroatoms. The maximum absolute atomic E-state index is 13.1. The number of para-hydroxylation sites is 1. The Balaban J connectivity index is 1.76. The maximum Gasteiger partial charge on any atom is 0.266 e. The van der Waals surface area contributed by atoms with Gasteiger partial charge in [-0.05, 0) is 48.7 Å². The van der Waals surface area contributed by atoms with Crippen molar-refractivity contribution in [2.45, 2.75) is 27.2 Å². The van der Waals surface area contributed by atoms with E-state index in [1.165, 1.54) is 11.8 Å². The van der Waals surface area contributed by atoms with E-state index in [4.69, 9.17) is 33.7 Å². The molecule has 0 radical (unpaired) electrons. The van der Waals surface area contributed by atoms with E-state index in [-0.39, 0.29) is 5.91 Å². The summed E-state index contributed by atoms with van der Waals surface area (Å²) in [6.07, 6.45) is 4.70. The van der Waals surface area contributed by atoms with Gasteiger partial charge < -0.3 is 4.74 Å². The number of rotatable bonds is 8. The molecule has 2 aromatic carbocycles. The van der Waals surface area contributed by atoms with Gasteiger partial charge in [0, 0.05) is 23.9 Å². The van der Waals surface area contributed by atoms with Gasteiger partial charge in [0.2, 0.25) is 0 Å². The average molecular weight is 512 g/mol. The van der Waals surface area contributed by atoms with Crippen molar-refractivity contribution in [1.82, 2.24) is 14.7 Å². The van der Waals surface area contributed by atoms with Crippen LogP contribution in [0, 0.1) is 5.92 Å². The summed E-state index contributed by atoms with van der Waals surface area (Å²) in [4.78, 5) is 15.3. The summed E-state index contributed by atoms with van der Waals surface area (Å²) in [7, 11) is 0. The van der Waals surface area contributed by atoms with E-state index >= 15 is 0 Å². The van der Waals surface area contributed by atoms with Gasteiger partial charge in [0.25, 0.3) is 5.91 Å². The van der Waals surface area contributed by atoms with Crippen molar-refractivity contribution in [3.8, 4) is 22.7 Å². The number of ether oxygens (including phenoxy) is 1. The Labute approximate surface area is 214 Å². The van der Waals surface area contributed by atoms with E-state index in [9.17, 15) is 4.79 Å². The van der Waals surface area contributed by atoms with Gasteiger partial charge in [0.15, 0.2) is 0 Å². The quantitative estimate of drug-likeness (QED) is 0.245. The number of thioether (sulfide) groups is 1. The first-order chi connectivity index (χ1) is 16.4. The first-order valence-electron chi connectivity index (χ1n) is 11.2. The van der Waals surface area contributed by atoms with E-state index in [0.717, 1.165) is 28.9 Å². The molecule has 176 valence electrons. The van der Waals surface area contributed by atoms with Gasteiger partial charge in [-0.3, -0.25) is 9.69 Å². The lowest BCUT2D eigenvalue weighted by Gasteiger charge is -2.16. The zero-order valence-electron chi connectivity index (χ0n) is 19.3. The molecule has 0 aliphatic carbocycles. The van der Waals surface area contributed by atoms with Crippen LogP contribution in [0.4, 0.5) is 0 Å². The molecule has 1 fully saturated rings. The lowest BCUT2D eigenvalue weighted by molar-refractivity contribution is -0.122. The van der Waals surface area contributed by atoms with Crippen LogP contribution in [0.25, 0.3) is 23.0 Å². The number of carbonyl (C=O) groups is 1. The Morgan fingerprint density at radius 2 is 1.97 bits per heavy atom. The summed E-state index contributed by atoms with van der Waals surface area (Å²) < 4.78 is 8.12. The van der Waals surface area contributed by atoms with Crippen molar-refractivity contribution >= 4 is 51.9 Å². The molecule has 0 spiro atoms. The molecule has 0 saturated carbocycles. The monoisotopic (exact) mass is 511 g/mol. The van der Waals surface area contributed by atoms with Crippen molar-refractivity contribution in [2.75, 3.05) is 13.2 Å². The fourth-order valence-corrected chi connectivity index (χ4v) is 5.07. The maximum atomic E-state index is 13.1. The van der Waals surface area contributed by atoms with E-state index < -0.39 is 0 Å². The van der Waals surface area contributed by atoms with E-state index in [2.05, 4.69) is 20.8 Å². The van der Waals surface area contributed by atoms with Crippen LogP contribution < -0.4 is 4.74 Å². The van der Waals surface area contributed by atoms with Crippen LogP contribution in [0.2, 0.25) is 5.02 Å². The summed E-state index contributed by atoms with van der Waals surface area (Å²) in [5.74, 6) is 0.906. The van der Waals surface area contributed by atoms with E-state index in [1.807, 2.05) is 65.5 Å². The Bertz CT molecular complexity index is 1240. The minimum Gasteiger partial charge on any atom is -0.492 e. The molecule has 1 aromatic heterocycles. The van der Waals surface area contributed by atoms with Gasteiger partial charge in [-0.15, -0.1) is 0 Å². The minimum atomic E-state index is -0.0662. The topological polar surface area (TPSA) is 47.4 Å². The molecule has 0 N–H and O–H groups in total. The fraction of sp³-hybridized carbons (Fsp3) is 0.269. The molecule has 1 aliphatic rings. The van der Waals surface area contributed by atoms with Crippen molar-refractivity contribution in [3.05, 3.63) is 70.2 Å². The molecule has 0 atom stereocenters. The van der Waals surface area contributed by atoms with Crippen LogP contribution in [0.3, 0.4) is 0 Å². The second-order valence-electron chi connectivity index (χ2n) is 8.39. The summed E-state index contributed by atoms with van der Waals surface area (Å²) in [5.41, 5.74) is 3.30. The smallest absolute Gasteiger partial charge is 0.266 e. The van der Waals surface area contributed by atoms with Crippen LogP contribution in [0.15, 0.2) is 59.6 Å². The van der Waals surface area contributed by atoms with Gasteiger partial charge in [-0.25, -0.2) is 4.68 Å². The summed E-state index contributed by atoms with van der Waals surface area (Å²) in [6.45, 7) is 7.40. The number of thiocarbonyl (C=S) groups is 1. The Kier molecular flexibility index (Phi) is 7.76. The van der Waals surface area contributed by atoms with Crippen LogP contribution in [-0.4, -0.2) is 38.1 Å². The lowest BCUT2D eigenvalue weighted by atomic mass is 10.1. The van der Waals surface area contributed by atoms with Crippen molar-refractivity contribution in [2.24, 2.45) is 5.92 Å². The largest absolute Gasteiger partial charge is 0.492 e. The number of hydrogen-bond acceptors (Lipinski definition) is 5. The number of halogens is 1. The number of carbonyl (C=O) groups excluding carboxylic acids is 1. The van der Waals surface area contributed by atoms with Gasteiger partial charge in [-0.2, -0.15) is 5.10 Å². The average Bonchev–Trinajstić information content (AvgIpc) is 3.35. The Morgan fingerprint density at radius 1 is 1.21 bits per heavy atom. The minimum absolute atomic E-state index is 0.0662. The third-order valence-corrected chi connectivity index (χ3v) is 6.81. The number of nitrogens with zero attached hydrogens (tertiary/aromatic N) is 3. The van der Waals surface area contributed by atoms with Crippen LogP contribution in [0.5, 0.6) is 5.75 Å². The third-order valence-electron chi connectivity index (χ3n) is 5.14. The summed E-state index contributed by atoms with van der Waals surface area (Å²) in [5, 5.41) is 5.37. The number of aromatic nitrogens is 2. The Morgan fingerprint density at radius 3 is 2.65 bits per heavy atom. The molecule has 2 heterocycles. The molecule has 3 aromatic rings. The van der Waals surface area contributed by atoms with Gasteiger partial charge in [-0.1, -0.05) is 74.6 Å². The molecule has 1 saturated heterocycles. The Hall–Kier alpha value is -2.61.